The molecular formula is C29H28F3N3O5S. The molecular weight excluding hydrogens is 559 g/mol. The molecule has 1 aromatic heterocycles. The highest BCUT2D eigenvalue weighted by atomic mass is 32.2. The summed E-state index contributed by atoms with van der Waals surface area (Å²) < 4.78 is 70.6. The number of rotatable bonds is 10. The Hall–Kier alpha value is -3.90. The highest BCUT2D eigenvalue weighted by Gasteiger charge is 2.31. The Balaban J connectivity index is 1.33. The van der Waals surface area contributed by atoms with Gasteiger partial charge in [-0.1, -0.05) is 31.2 Å². The number of halogens is 3. The van der Waals surface area contributed by atoms with Crippen molar-refractivity contribution in [2.24, 2.45) is 0 Å². The Morgan fingerprint density at radius 2 is 1.78 bits per heavy atom. The van der Waals surface area contributed by atoms with Gasteiger partial charge in [-0.25, -0.2) is 8.42 Å². The number of sulfone groups is 1. The van der Waals surface area contributed by atoms with E-state index in [1.807, 2.05) is 4.57 Å². The smallest absolute Gasteiger partial charge is 0.416 e. The molecule has 3 aromatic carbocycles. The molecule has 4 aromatic rings. The van der Waals surface area contributed by atoms with Crippen molar-refractivity contribution in [3.63, 3.8) is 0 Å². The number of fused-ring (bicyclic) bond motifs is 1. The van der Waals surface area contributed by atoms with Crippen LogP contribution in [0.3, 0.4) is 0 Å². The first-order valence-corrected chi connectivity index (χ1v) is 14.7. The van der Waals surface area contributed by atoms with Crippen LogP contribution < -0.4 is 10.1 Å². The average molecular weight is 588 g/mol. The van der Waals surface area contributed by atoms with Gasteiger partial charge in [-0.15, -0.1) is 0 Å². The van der Waals surface area contributed by atoms with Gasteiger partial charge in [0.15, 0.2) is 9.84 Å². The molecule has 216 valence electrons. The number of imidazole rings is 1. The van der Waals surface area contributed by atoms with E-state index in [0.29, 0.717) is 28.2 Å². The van der Waals surface area contributed by atoms with Crippen LogP contribution >= 0.6 is 0 Å². The van der Waals surface area contributed by atoms with Crippen LogP contribution in [0.5, 0.6) is 6.01 Å². The number of ether oxygens (including phenoxy) is 1. The van der Waals surface area contributed by atoms with Crippen LogP contribution in [0, 0.1) is 0 Å². The van der Waals surface area contributed by atoms with Crippen LogP contribution in [0.15, 0.2) is 71.6 Å². The van der Waals surface area contributed by atoms with Crippen LogP contribution in [0.4, 0.5) is 13.2 Å². The van der Waals surface area contributed by atoms with Crippen molar-refractivity contribution in [3.05, 3.63) is 89.0 Å². The van der Waals surface area contributed by atoms with E-state index in [1.54, 1.807) is 37.3 Å². The summed E-state index contributed by atoms with van der Waals surface area (Å²) in [6.45, 7) is 1.18. The number of amides is 1. The summed E-state index contributed by atoms with van der Waals surface area (Å²) in [5.41, 5.74) is 1.95. The zero-order valence-electron chi connectivity index (χ0n) is 22.1. The van der Waals surface area contributed by atoms with E-state index in [4.69, 9.17) is 4.74 Å². The number of aliphatic hydroxyl groups is 1. The van der Waals surface area contributed by atoms with Crippen molar-refractivity contribution in [3.8, 4) is 6.01 Å². The second kappa shape index (κ2) is 11.2. The lowest BCUT2D eigenvalue weighted by atomic mass is 10.1. The van der Waals surface area contributed by atoms with Crippen LogP contribution in [0.25, 0.3) is 11.0 Å². The third-order valence-corrected chi connectivity index (χ3v) is 8.74. The first-order chi connectivity index (χ1) is 19.5. The Bertz CT molecular complexity index is 1660. The first-order valence-electron chi connectivity index (χ1n) is 13.1. The average Bonchev–Trinajstić information content (AvgIpc) is 3.74. The minimum Gasteiger partial charge on any atom is -0.460 e. The number of benzene rings is 3. The second-order valence-electron chi connectivity index (χ2n) is 9.86. The number of aliphatic hydroxyl groups excluding tert-OH is 1. The summed E-state index contributed by atoms with van der Waals surface area (Å²) in [4.78, 5) is 17.8. The summed E-state index contributed by atoms with van der Waals surface area (Å²) >= 11 is 0. The molecule has 0 radical (unpaired) electrons. The molecule has 1 saturated carbocycles. The highest BCUT2D eigenvalue weighted by molar-refractivity contribution is 7.91. The topological polar surface area (TPSA) is 111 Å². The number of nitrogens with zero attached hydrogens (tertiary/aromatic N) is 2. The number of carbonyl (C=O) groups is 1. The first kappa shape index (κ1) is 28.6. The van der Waals surface area contributed by atoms with Gasteiger partial charge in [0.1, 0.15) is 6.61 Å². The van der Waals surface area contributed by atoms with E-state index in [0.717, 1.165) is 30.5 Å². The Labute approximate surface area is 234 Å². The molecule has 2 N–H and O–H groups in total. The molecule has 1 amide bonds. The summed E-state index contributed by atoms with van der Waals surface area (Å²) in [6, 6.07) is 15.5. The van der Waals surface area contributed by atoms with Crippen molar-refractivity contribution >= 4 is 26.8 Å². The quantitative estimate of drug-likeness (QED) is 0.263. The van der Waals surface area contributed by atoms with Crippen molar-refractivity contribution in [1.29, 1.82) is 0 Å². The number of hydrogen-bond donors (Lipinski definition) is 2. The van der Waals surface area contributed by atoms with E-state index in [-0.39, 0.29) is 23.3 Å². The third-order valence-electron chi connectivity index (χ3n) is 6.99. The molecule has 1 fully saturated rings. The lowest BCUT2D eigenvalue weighted by Gasteiger charge is -2.17. The summed E-state index contributed by atoms with van der Waals surface area (Å²) in [5.74, 6) is -0.489. The van der Waals surface area contributed by atoms with Gasteiger partial charge in [0, 0.05) is 11.6 Å². The number of aromatic nitrogens is 2. The normalized spacial score (nSPS) is 14.7. The Morgan fingerprint density at radius 1 is 1.10 bits per heavy atom. The van der Waals surface area contributed by atoms with Gasteiger partial charge in [-0.3, -0.25) is 9.36 Å². The minimum absolute atomic E-state index is 0.0258. The fraction of sp³-hybridized carbons (Fsp3) is 0.310. The Kier molecular flexibility index (Phi) is 7.80. The molecule has 0 saturated heterocycles. The summed E-state index contributed by atoms with van der Waals surface area (Å²) in [6.07, 6.45) is -2.55. The number of hydrogen-bond acceptors (Lipinski definition) is 6. The largest absolute Gasteiger partial charge is 0.460 e. The lowest BCUT2D eigenvalue weighted by Crippen LogP contribution is -2.30. The van der Waals surface area contributed by atoms with Gasteiger partial charge in [-0.05, 0) is 66.4 Å². The van der Waals surface area contributed by atoms with Crippen molar-refractivity contribution in [1.82, 2.24) is 14.9 Å². The molecule has 1 atom stereocenters. The predicted molar refractivity (Wildman–Crippen MR) is 145 cm³/mol. The maximum absolute atomic E-state index is 13.1. The van der Waals surface area contributed by atoms with Gasteiger partial charge in [0.25, 0.3) is 11.9 Å². The molecule has 8 nitrogen and oxygen atoms in total. The minimum atomic E-state index is -4.41. The van der Waals surface area contributed by atoms with Crippen molar-refractivity contribution in [2.75, 3.05) is 12.4 Å². The summed E-state index contributed by atoms with van der Waals surface area (Å²) in [5, 5.41) is 12.7. The maximum Gasteiger partial charge on any atom is 0.416 e. The second-order valence-corrected chi connectivity index (χ2v) is 12.1. The van der Waals surface area contributed by atoms with Gasteiger partial charge in [-0.2, -0.15) is 18.2 Å². The van der Waals surface area contributed by atoms with E-state index in [2.05, 4.69) is 10.3 Å². The predicted octanol–water partition coefficient (Wildman–Crippen LogP) is 5.23. The number of carbonyl (C=O) groups excluding carboxylic acids is 1. The number of alkyl halides is 3. The monoisotopic (exact) mass is 587 g/mol. The van der Waals surface area contributed by atoms with Crippen molar-refractivity contribution < 1.29 is 36.2 Å². The molecule has 1 aliphatic carbocycles. The number of nitrogens with one attached hydrogen (secondary N) is 1. The fourth-order valence-electron chi connectivity index (χ4n) is 4.49. The van der Waals surface area contributed by atoms with E-state index in [1.165, 1.54) is 24.3 Å². The van der Waals surface area contributed by atoms with Crippen LogP contribution in [0.1, 0.15) is 58.9 Å². The van der Waals surface area contributed by atoms with Gasteiger partial charge in [0.05, 0.1) is 39.9 Å². The highest BCUT2D eigenvalue weighted by Crippen LogP contribution is 2.41. The maximum atomic E-state index is 13.1. The lowest BCUT2D eigenvalue weighted by molar-refractivity contribution is -0.137. The molecule has 0 bridgehead atoms. The van der Waals surface area contributed by atoms with Crippen LogP contribution in [-0.4, -0.2) is 41.3 Å². The zero-order chi connectivity index (χ0) is 29.4. The molecule has 0 aliphatic heterocycles. The molecule has 41 heavy (non-hydrogen) atoms. The zero-order valence-corrected chi connectivity index (χ0v) is 22.9. The fourth-order valence-corrected chi connectivity index (χ4v) is 5.38. The van der Waals surface area contributed by atoms with Gasteiger partial charge < -0.3 is 15.2 Å². The van der Waals surface area contributed by atoms with Crippen LogP contribution in [0.2, 0.25) is 0 Å². The standard InChI is InChI=1S/C29H28F3N3O5S/c1-2-41(38,39)23-12-5-19(6-13-23)25(16-36)33-27(37)20-7-14-26-24(15-20)34-28(35(26)22-10-11-22)40-17-18-3-8-21(9-4-18)29(30,31)32/h3-9,12-15,22,25,36H,2,10-11,16-17H2,1H3,(H,33,37)/t25-/m0/s1. The molecule has 5 rings (SSSR count). The van der Waals surface area contributed by atoms with Crippen LogP contribution in [-0.2, 0) is 22.6 Å². The van der Waals surface area contributed by atoms with E-state index in [9.17, 15) is 31.5 Å². The summed E-state index contributed by atoms with van der Waals surface area (Å²) in [7, 11) is -3.37. The molecule has 12 heteroatoms. The molecule has 1 aliphatic rings. The van der Waals surface area contributed by atoms with Crippen molar-refractivity contribution in [2.45, 2.75) is 49.5 Å². The van der Waals surface area contributed by atoms with Gasteiger partial charge in [0.2, 0.25) is 0 Å². The Morgan fingerprint density at radius 3 is 2.37 bits per heavy atom. The van der Waals surface area contributed by atoms with E-state index >= 15 is 0 Å². The SMILES string of the molecule is CCS(=O)(=O)c1ccc([C@H](CO)NC(=O)c2ccc3c(c2)nc(OCc2ccc(C(F)(F)F)cc2)n3C2CC2)cc1. The third kappa shape index (κ3) is 6.23. The van der Waals surface area contributed by atoms with E-state index < -0.39 is 40.1 Å². The molecule has 1 heterocycles. The molecule has 0 unspecified atom stereocenters. The van der Waals surface area contributed by atoms with Gasteiger partial charge >= 0.3 is 6.18 Å². The molecule has 0 spiro atoms.